The van der Waals surface area contributed by atoms with Crippen LogP contribution in [-0.4, -0.2) is 48.8 Å². The summed E-state index contributed by atoms with van der Waals surface area (Å²) in [5, 5.41) is 2.55. The number of carbonyl (C=O) groups excluding carboxylic acids is 2. The van der Waals surface area contributed by atoms with Crippen LogP contribution in [0.3, 0.4) is 0 Å². The Hall–Kier alpha value is -1.37. The third-order valence-electron chi connectivity index (χ3n) is 2.87. The first kappa shape index (κ1) is 15.7. The van der Waals surface area contributed by atoms with Gasteiger partial charge in [-0.2, -0.15) is 0 Å². The predicted octanol–water partition coefficient (Wildman–Crippen LogP) is 0.698. The Bertz CT molecular complexity index is 494. The van der Waals surface area contributed by atoms with Crippen LogP contribution in [0.25, 0.3) is 0 Å². The summed E-state index contributed by atoms with van der Waals surface area (Å²) in [6.07, 6.45) is 3.51. The van der Waals surface area contributed by atoms with Crippen LogP contribution in [0.4, 0.5) is 4.79 Å². The maximum atomic E-state index is 11.8. The van der Waals surface area contributed by atoms with Crippen molar-refractivity contribution in [2.75, 3.05) is 18.1 Å². The minimum Gasteiger partial charge on any atom is -0.324 e. The number of nitrogens with one attached hydrogen (secondary N) is 1. The normalized spacial score (nSPS) is 19.2. The van der Waals surface area contributed by atoms with Gasteiger partial charge in [0.25, 0.3) is 5.91 Å². The van der Waals surface area contributed by atoms with Gasteiger partial charge in [-0.05, 0) is 27.2 Å². The Morgan fingerprint density at radius 3 is 2.42 bits per heavy atom. The lowest BCUT2D eigenvalue weighted by Gasteiger charge is -2.15. The van der Waals surface area contributed by atoms with E-state index in [0.29, 0.717) is 0 Å². The molecule has 1 aliphatic rings. The fraction of sp³-hybridized carbons (Fsp3) is 0.667. The average molecular weight is 288 g/mol. The lowest BCUT2D eigenvalue weighted by Crippen LogP contribution is -2.40. The first-order chi connectivity index (χ1) is 8.69. The molecule has 1 fully saturated rings. The lowest BCUT2D eigenvalue weighted by molar-refractivity contribution is -0.130. The van der Waals surface area contributed by atoms with Crippen molar-refractivity contribution in [2.24, 2.45) is 0 Å². The third kappa shape index (κ3) is 4.05. The molecule has 0 aliphatic carbocycles. The third-order valence-corrected chi connectivity index (χ3v) is 4.48. The number of rotatable bonds is 6. The van der Waals surface area contributed by atoms with Gasteiger partial charge in [-0.15, -0.1) is 0 Å². The topological polar surface area (TPSA) is 83.6 Å². The highest BCUT2D eigenvalue weighted by molar-refractivity contribution is 7.91. The highest BCUT2D eigenvalue weighted by Crippen LogP contribution is 2.16. The zero-order chi connectivity index (χ0) is 14.7. The molecule has 7 heteroatoms. The van der Waals surface area contributed by atoms with E-state index >= 15 is 0 Å². The number of hydrogen-bond donors (Lipinski definition) is 1. The number of allylic oxidation sites excluding steroid dienone is 1. The van der Waals surface area contributed by atoms with Crippen molar-refractivity contribution in [3.05, 3.63) is 12.2 Å². The van der Waals surface area contributed by atoms with Crippen LogP contribution in [0.15, 0.2) is 12.2 Å². The number of nitrogens with zero attached hydrogens (tertiary/aromatic N) is 1. The van der Waals surface area contributed by atoms with E-state index in [2.05, 4.69) is 5.32 Å². The standard InChI is InChI=1S/C12H20N2O4S/c1-4-5-8-19(17,18)9-6-7-14-10(15)12(2,3)13-11(14)16/h4-5H,6-9H2,1-3H3,(H,13,16). The molecular weight excluding hydrogens is 268 g/mol. The van der Waals surface area contributed by atoms with Crippen molar-refractivity contribution in [2.45, 2.75) is 32.7 Å². The highest BCUT2D eigenvalue weighted by atomic mass is 32.2. The fourth-order valence-corrected chi connectivity index (χ4v) is 3.01. The van der Waals surface area contributed by atoms with Crippen LogP contribution >= 0.6 is 0 Å². The second-order valence-corrected chi connectivity index (χ2v) is 7.28. The van der Waals surface area contributed by atoms with Gasteiger partial charge in [0.1, 0.15) is 5.54 Å². The van der Waals surface area contributed by atoms with Crippen LogP contribution in [-0.2, 0) is 14.6 Å². The molecule has 0 unspecified atom stereocenters. The number of urea groups is 1. The summed E-state index contributed by atoms with van der Waals surface area (Å²) in [4.78, 5) is 24.5. The number of hydrogen-bond acceptors (Lipinski definition) is 4. The van der Waals surface area contributed by atoms with Gasteiger partial charge in [0.2, 0.25) is 0 Å². The van der Waals surface area contributed by atoms with Crippen LogP contribution in [0.2, 0.25) is 0 Å². The highest BCUT2D eigenvalue weighted by Gasteiger charge is 2.43. The molecule has 0 aromatic carbocycles. The maximum absolute atomic E-state index is 11.8. The van der Waals surface area contributed by atoms with E-state index in [1.165, 1.54) is 0 Å². The summed E-state index contributed by atoms with van der Waals surface area (Å²) < 4.78 is 23.2. The van der Waals surface area contributed by atoms with Gasteiger partial charge >= 0.3 is 6.03 Å². The second-order valence-electron chi connectivity index (χ2n) is 5.05. The van der Waals surface area contributed by atoms with Gasteiger partial charge in [0.15, 0.2) is 9.84 Å². The number of carbonyl (C=O) groups is 2. The molecule has 0 radical (unpaired) electrons. The van der Waals surface area contributed by atoms with Gasteiger partial charge in [0.05, 0.1) is 11.5 Å². The van der Waals surface area contributed by atoms with E-state index < -0.39 is 21.4 Å². The van der Waals surface area contributed by atoms with E-state index in [9.17, 15) is 18.0 Å². The van der Waals surface area contributed by atoms with Crippen LogP contribution in [0.5, 0.6) is 0 Å². The molecule has 19 heavy (non-hydrogen) atoms. The maximum Gasteiger partial charge on any atom is 0.325 e. The van der Waals surface area contributed by atoms with Crippen LogP contribution in [0, 0.1) is 0 Å². The summed E-state index contributed by atoms with van der Waals surface area (Å²) in [6.45, 7) is 5.13. The molecule has 108 valence electrons. The molecule has 0 saturated carbocycles. The molecule has 1 heterocycles. The van der Waals surface area contributed by atoms with Gasteiger partial charge in [0, 0.05) is 6.54 Å². The zero-order valence-corrected chi connectivity index (χ0v) is 12.3. The molecular formula is C12H20N2O4S. The Morgan fingerprint density at radius 1 is 1.32 bits per heavy atom. The van der Waals surface area contributed by atoms with E-state index in [1.54, 1.807) is 32.9 Å². The van der Waals surface area contributed by atoms with Gasteiger partial charge < -0.3 is 5.32 Å². The Morgan fingerprint density at radius 2 is 1.95 bits per heavy atom. The van der Waals surface area contributed by atoms with Crippen molar-refractivity contribution < 1.29 is 18.0 Å². The Kier molecular flexibility index (Phi) is 4.73. The molecule has 0 bridgehead atoms. The van der Waals surface area contributed by atoms with Gasteiger partial charge in [-0.1, -0.05) is 12.2 Å². The largest absolute Gasteiger partial charge is 0.325 e. The molecule has 1 rings (SSSR count). The number of imide groups is 1. The first-order valence-electron chi connectivity index (χ1n) is 6.15. The van der Waals surface area contributed by atoms with Crippen molar-refractivity contribution in [3.8, 4) is 0 Å². The van der Waals surface area contributed by atoms with Gasteiger partial charge in [-0.25, -0.2) is 13.2 Å². The second kappa shape index (κ2) is 5.73. The van der Waals surface area contributed by atoms with E-state index in [1.807, 2.05) is 0 Å². The smallest absolute Gasteiger partial charge is 0.324 e. The molecule has 0 aromatic rings. The van der Waals surface area contributed by atoms with Crippen molar-refractivity contribution in [1.29, 1.82) is 0 Å². The molecule has 1 N–H and O–H groups in total. The monoisotopic (exact) mass is 288 g/mol. The first-order valence-corrected chi connectivity index (χ1v) is 7.97. The number of amides is 3. The summed E-state index contributed by atoms with van der Waals surface area (Å²) in [7, 11) is -3.16. The van der Waals surface area contributed by atoms with Crippen LogP contribution < -0.4 is 5.32 Å². The minimum absolute atomic E-state index is 0.00483. The van der Waals surface area contributed by atoms with Gasteiger partial charge in [-0.3, -0.25) is 9.69 Å². The van der Waals surface area contributed by atoms with E-state index in [-0.39, 0.29) is 30.4 Å². The molecule has 6 nitrogen and oxygen atoms in total. The average Bonchev–Trinajstić information content (AvgIpc) is 2.48. The quantitative estimate of drug-likeness (QED) is 0.576. The lowest BCUT2D eigenvalue weighted by atomic mass is 10.1. The van der Waals surface area contributed by atoms with Crippen molar-refractivity contribution in [1.82, 2.24) is 10.2 Å². The summed E-state index contributed by atoms with van der Waals surface area (Å²) in [5.41, 5.74) is -0.902. The molecule has 1 saturated heterocycles. The molecule has 0 atom stereocenters. The molecule has 3 amide bonds. The fourth-order valence-electron chi connectivity index (χ4n) is 1.79. The summed E-state index contributed by atoms with van der Waals surface area (Å²) in [5.74, 6) is -0.354. The molecule has 0 spiro atoms. The Labute approximate surface area is 113 Å². The number of sulfone groups is 1. The zero-order valence-electron chi connectivity index (χ0n) is 11.5. The predicted molar refractivity (Wildman–Crippen MR) is 72.4 cm³/mol. The van der Waals surface area contributed by atoms with E-state index in [0.717, 1.165) is 4.90 Å². The molecule has 0 aromatic heterocycles. The van der Waals surface area contributed by atoms with E-state index in [4.69, 9.17) is 0 Å². The molecule has 1 aliphatic heterocycles. The van der Waals surface area contributed by atoms with Crippen molar-refractivity contribution in [3.63, 3.8) is 0 Å². The SMILES string of the molecule is CC=CCS(=O)(=O)CCCN1C(=O)NC(C)(C)C1=O. The summed E-state index contributed by atoms with van der Waals surface area (Å²) in [6, 6.07) is -0.458. The summed E-state index contributed by atoms with van der Waals surface area (Å²) >= 11 is 0. The van der Waals surface area contributed by atoms with Crippen molar-refractivity contribution >= 4 is 21.8 Å². The minimum atomic E-state index is -3.16. The Balaban J connectivity index is 2.51. The van der Waals surface area contributed by atoms with Crippen LogP contribution in [0.1, 0.15) is 27.2 Å².